The summed E-state index contributed by atoms with van der Waals surface area (Å²) < 4.78 is 6.06. The molecule has 2 aromatic rings. The number of likely N-dealkylation sites (N-methyl/N-ethyl adjacent to an activating group) is 1. The van der Waals surface area contributed by atoms with Crippen molar-refractivity contribution in [1.82, 2.24) is 9.80 Å². The lowest BCUT2D eigenvalue weighted by molar-refractivity contribution is -0.112. The number of ether oxygens (including phenoxy) is 1. The zero-order valence-electron chi connectivity index (χ0n) is 19.9. The smallest absolute Gasteiger partial charge is 0.255 e. The summed E-state index contributed by atoms with van der Waals surface area (Å²) in [6.45, 7) is 4.96. The van der Waals surface area contributed by atoms with E-state index < -0.39 is 6.04 Å². The van der Waals surface area contributed by atoms with Crippen LogP contribution >= 0.6 is 11.6 Å². The van der Waals surface area contributed by atoms with Crippen LogP contribution in [0.5, 0.6) is 5.75 Å². The van der Waals surface area contributed by atoms with E-state index in [0.717, 1.165) is 36.8 Å². The zero-order chi connectivity index (χ0) is 25.2. The van der Waals surface area contributed by atoms with Gasteiger partial charge in [-0.25, -0.2) is 0 Å². The molecule has 0 saturated carbocycles. The molecule has 1 amide bonds. The monoisotopic (exact) mass is 495 g/mol. The summed E-state index contributed by atoms with van der Waals surface area (Å²) in [7, 11) is 0. The molecule has 1 heterocycles. The van der Waals surface area contributed by atoms with Crippen molar-refractivity contribution < 1.29 is 19.1 Å². The molecule has 3 rings (SSSR count). The fraction of sp³-hybridized carbons (Fsp3) is 0.407. The number of nitriles is 1. The molecule has 1 unspecified atom stereocenters. The molecule has 0 aromatic heterocycles. The van der Waals surface area contributed by atoms with Crippen LogP contribution in [-0.4, -0.2) is 60.6 Å². The Morgan fingerprint density at radius 1 is 1.17 bits per heavy atom. The number of hydrogen-bond donors (Lipinski definition) is 0. The van der Waals surface area contributed by atoms with E-state index in [4.69, 9.17) is 16.3 Å². The normalized spacial score (nSPS) is 14.3. The topological polar surface area (TPSA) is 90.7 Å². The van der Waals surface area contributed by atoms with Crippen molar-refractivity contribution >= 4 is 30.1 Å². The molecule has 8 heteroatoms. The predicted molar refractivity (Wildman–Crippen MR) is 133 cm³/mol. The highest BCUT2D eigenvalue weighted by atomic mass is 35.5. The van der Waals surface area contributed by atoms with Crippen molar-refractivity contribution in [2.45, 2.75) is 44.7 Å². The van der Waals surface area contributed by atoms with E-state index >= 15 is 0 Å². The van der Waals surface area contributed by atoms with E-state index in [-0.39, 0.29) is 24.8 Å². The van der Waals surface area contributed by atoms with Gasteiger partial charge in [-0.1, -0.05) is 42.8 Å². The third kappa shape index (κ3) is 6.47. The van der Waals surface area contributed by atoms with Gasteiger partial charge in [0, 0.05) is 29.1 Å². The summed E-state index contributed by atoms with van der Waals surface area (Å²) in [5, 5.41) is 10.2. The van der Waals surface area contributed by atoms with Gasteiger partial charge in [0.2, 0.25) is 0 Å². The Hall–Kier alpha value is -3.21. The van der Waals surface area contributed by atoms with Gasteiger partial charge in [-0.05, 0) is 49.7 Å². The zero-order valence-corrected chi connectivity index (χ0v) is 20.6. The second kappa shape index (κ2) is 13.0. The molecule has 35 heavy (non-hydrogen) atoms. The number of amides is 1. The van der Waals surface area contributed by atoms with Crippen molar-refractivity contribution in [2.75, 3.05) is 26.2 Å². The molecule has 0 saturated heterocycles. The van der Waals surface area contributed by atoms with E-state index in [1.165, 1.54) is 4.90 Å². The van der Waals surface area contributed by atoms with E-state index in [1.54, 1.807) is 18.2 Å². The van der Waals surface area contributed by atoms with Crippen molar-refractivity contribution in [2.24, 2.45) is 0 Å². The van der Waals surface area contributed by atoms with Gasteiger partial charge in [-0.3, -0.25) is 4.79 Å². The van der Waals surface area contributed by atoms with Gasteiger partial charge >= 0.3 is 0 Å². The first kappa shape index (κ1) is 26.4. The number of rotatable bonds is 14. The van der Waals surface area contributed by atoms with E-state index in [0.29, 0.717) is 42.3 Å². The number of halogens is 1. The second-order valence-corrected chi connectivity index (χ2v) is 8.84. The van der Waals surface area contributed by atoms with Crippen LogP contribution in [0.2, 0.25) is 5.02 Å². The Bertz CT molecular complexity index is 1080. The van der Waals surface area contributed by atoms with Crippen LogP contribution < -0.4 is 4.74 Å². The Kier molecular flexibility index (Phi) is 9.83. The summed E-state index contributed by atoms with van der Waals surface area (Å²) in [5.74, 6) is 0.129. The summed E-state index contributed by atoms with van der Waals surface area (Å²) in [6.07, 6.45) is 2.68. The van der Waals surface area contributed by atoms with Crippen LogP contribution in [0, 0.1) is 11.3 Å². The first-order chi connectivity index (χ1) is 17.0. The molecular formula is C27H30ClN3O4. The largest absolute Gasteiger partial charge is 0.492 e. The highest BCUT2D eigenvalue weighted by Crippen LogP contribution is 2.32. The number of fused-ring (bicyclic) bond motifs is 1. The van der Waals surface area contributed by atoms with Crippen LogP contribution in [0.1, 0.15) is 53.6 Å². The third-order valence-corrected chi connectivity index (χ3v) is 6.72. The van der Waals surface area contributed by atoms with Gasteiger partial charge in [-0.2, -0.15) is 5.26 Å². The summed E-state index contributed by atoms with van der Waals surface area (Å²) >= 11 is 6.27. The first-order valence-corrected chi connectivity index (χ1v) is 12.2. The molecule has 0 N–H and O–H groups in total. The number of carbonyl (C=O) groups excluding carboxylic acids is 3. The number of nitrogens with zero attached hydrogens (tertiary/aromatic N) is 3. The number of benzene rings is 2. The summed E-state index contributed by atoms with van der Waals surface area (Å²) in [5.41, 5.74) is 2.14. The molecule has 184 valence electrons. The van der Waals surface area contributed by atoms with Crippen molar-refractivity contribution in [1.29, 1.82) is 5.26 Å². The molecule has 2 aromatic carbocycles. The molecule has 0 fully saturated rings. The summed E-state index contributed by atoms with van der Waals surface area (Å²) in [6, 6.07) is 14.5. The van der Waals surface area contributed by atoms with Crippen LogP contribution in [0.3, 0.4) is 0 Å². The highest BCUT2D eigenvalue weighted by Gasteiger charge is 2.34. The molecule has 0 aliphatic carbocycles. The first-order valence-electron chi connectivity index (χ1n) is 11.8. The van der Waals surface area contributed by atoms with Crippen LogP contribution in [0.15, 0.2) is 42.5 Å². The third-order valence-electron chi connectivity index (χ3n) is 6.37. The lowest BCUT2D eigenvalue weighted by atomic mass is 9.97. The molecule has 7 nitrogen and oxygen atoms in total. The SMILES string of the molecule is CCN(CCOc1cccc2c1CN(C(C=O)CCC=O)C2=O)CC[C@@H](C#N)c1ccccc1Cl. The molecule has 2 atom stereocenters. The van der Waals surface area contributed by atoms with E-state index in [2.05, 4.69) is 17.9 Å². The Labute approximate surface area is 211 Å². The number of aldehydes is 2. The Balaban J connectivity index is 1.57. The fourth-order valence-corrected chi connectivity index (χ4v) is 4.60. The quantitative estimate of drug-likeness (QED) is 0.364. The summed E-state index contributed by atoms with van der Waals surface area (Å²) in [4.78, 5) is 38.8. The Morgan fingerprint density at radius 2 is 1.97 bits per heavy atom. The number of carbonyl (C=O) groups is 3. The van der Waals surface area contributed by atoms with Crippen LogP contribution in [0.4, 0.5) is 0 Å². The van der Waals surface area contributed by atoms with E-state index in [1.807, 2.05) is 24.3 Å². The lowest BCUT2D eigenvalue weighted by Gasteiger charge is -2.23. The molecule has 1 aliphatic heterocycles. The van der Waals surface area contributed by atoms with Gasteiger partial charge in [0.1, 0.15) is 24.9 Å². The predicted octanol–water partition coefficient (Wildman–Crippen LogP) is 4.24. The highest BCUT2D eigenvalue weighted by molar-refractivity contribution is 6.31. The number of hydrogen-bond acceptors (Lipinski definition) is 6. The molecule has 1 aliphatic rings. The van der Waals surface area contributed by atoms with Gasteiger partial charge in [0.15, 0.2) is 0 Å². The van der Waals surface area contributed by atoms with Crippen molar-refractivity contribution in [3.05, 3.63) is 64.2 Å². The fourth-order valence-electron chi connectivity index (χ4n) is 4.34. The van der Waals surface area contributed by atoms with Gasteiger partial charge in [0.25, 0.3) is 5.91 Å². The maximum Gasteiger partial charge on any atom is 0.255 e. The van der Waals surface area contributed by atoms with Crippen molar-refractivity contribution in [3.8, 4) is 11.8 Å². The van der Waals surface area contributed by atoms with Gasteiger partial charge in [0.05, 0.1) is 24.6 Å². The molecule has 0 bridgehead atoms. The minimum absolute atomic E-state index is 0.217. The molecular weight excluding hydrogens is 466 g/mol. The van der Waals surface area contributed by atoms with Gasteiger partial charge in [-0.15, -0.1) is 0 Å². The maximum absolute atomic E-state index is 12.8. The van der Waals surface area contributed by atoms with Crippen molar-refractivity contribution in [3.63, 3.8) is 0 Å². The average molecular weight is 496 g/mol. The molecule has 0 spiro atoms. The Morgan fingerprint density at radius 3 is 2.66 bits per heavy atom. The molecule has 0 radical (unpaired) electrons. The lowest BCUT2D eigenvalue weighted by Crippen LogP contribution is -2.36. The van der Waals surface area contributed by atoms with Gasteiger partial charge < -0.3 is 24.1 Å². The van der Waals surface area contributed by atoms with E-state index in [9.17, 15) is 19.6 Å². The van der Waals surface area contributed by atoms with Crippen LogP contribution in [-0.2, 0) is 16.1 Å². The second-order valence-electron chi connectivity index (χ2n) is 8.44. The average Bonchev–Trinajstić information content (AvgIpc) is 3.21. The minimum Gasteiger partial charge on any atom is -0.492 e. The maximum atomic E-state index is 12.8. The van der Waals surface area contributed by atoms with Crippen LogP contribution in [0.25, 0.3) is 0 Å². The standard InChI is InChI=1S/C27H30ClN3O4/c1-2-30(13-12-20(17-29)22-8-3-4-10-25(22)28)14-16-35-26-11-5-9-23-24(26)18-31(27(23)34)21(19-33)7-6-15-32/h3-5,8-11,15,19-21H,2,6-7,12-14,16,18H2,1H3/t20-,21?/m0/s1. The minimum atomic E-state index is -0.630.